The molecular formula is C21H22N2OS. The molecule has 0 bridgehead atoms. The first-order valence-electron chi connectivity index (χ1n) is 8.46. The second-order valence-corrected chi connectivity index (χ2v) is 7.24. The lowest BCUT2D eigenvalue weighted by Gasteiger charge is -2.26. The summed E-state index contributed by atoms with van der Waals surface area (Å²) in [5.74, 6) is -0.00517. The Morgan fingerprint density at radius 2 is 1.60 bits per heavy atom. The van der Waals surface area contributed by atoms with Gasteiger partial charge in [0.1, 0.15) is 5.69 Å². The minimum atomic E-state index is -0.00517. The van der Waals surface area contributed by atoms with Crippen LogP contribution in [0.25, 0.3) is 0 Å². The third kappa shape index (κ3) is 4.54. The molecule has 1 amide bonds. The zero-order valence-electron chi connectivity index (χ0n) is 14.6. The summed E-state index contributed by atoms with van der Waals surface area (Å²) in [5.41, 5.74) is 2.88. The molecule has 0 spiro atoms. The molecule has 0 aliphatic rings. The monoisotopic (exact) mass is 350 g/mol. The number of nitrogens with zero attached hydrogens (tertiary/aromatic N) is 2. The maximum absolute atomic E-state index is 12.9. The average molecular weight is 350 g/mol. The van der Waals surface area contributed by atoms with E-state index in [9.17, 15) is 4.79 Å². The van der Waals surface area contributed by atoms with Crippen LogP contribution < -0.4 is 0 Å². The van der Waals surface area contributed by atoms with Crippen molar-refractivity contribution in [3.63, 3.8) is 0 Å². The molecule has 0 saturated carbocycles. The van der Waals surface area contributed by atoms with Crippen molar-refractivity contribution in [2.24, 2.45) is 0 Å². The zero-order valence-corrected chi connectivity index (χ0v) is 15.4. The highest BCUT2D eigenvalue weighted by Gasteiger charge is 2.21. The molecule has 0 radical (unpaired) electrons. The first-order chi connectivity index (χ1) is 12.1. The normalized spacial score (nSPS) is 10.8. The molecule has 128 valence electrons. The second kappa shape index (κ2) is 8.08. The fraction of sp³-hybridized carbons (Fsp3) is 0.238. The summed E-state index contributed by atoms with van der Waals surface area (Å²) >= 11 is 1.55. The third-order valence-electron chi connectivity index (χ3n) is 4.05. The Labute approximate surface area is 153 Å². The van der Waals surface area contributed by atoms with Crippen LogP contribution in [-0.4, -0.2) is 21.8 Å². The lowest BCUT2D eigenvalue weighted by molar-refractivity contribution is 0.0685. The number of aromatic nitrogens is 1. The van der Waals surface area contributed by atoms with Crippen molar-refractivity contribution in [3.05, 3.63) is 87.9 Å². The Balaban J connectivity index is 1.74. The quantitative estimate of drug-likeness (QED) is 0.641. The zero-order chi connectivity index (χ0) is 17.6. The van der Waals surface area contributed by atoms with Gasteiger partial charge < -0.3 is 4.90 Å². The van der Waals surface area contributed by atoms with Crippen molar-refractivity contribution in [1.82, 2.24) is 9.88 Å². The topological polar surface area (TPSA) is 33.2 Å². The first-order valence-corrected chi connectivity index (χ1v) is 9.34. The maximum Gasteiger partial charge on any atom is 0.273 e. The number of carbonyl (C=O) groups is 1. The predicted octanol–water partition coefficient (Wildman–Crippen LogP) is 4.78. The van der Waals surface area contributed by atoms with E-state index in [1.807, 2.05) is 72.7 Å². The van der Waals surface area contributed by atoms with Crippen LogP contribution in [0.5, 0.6) is 0 Å². The molecule has 0 N–H and O–H groups in total. The summed E-state index contributed by atoms with van der Waals surface area (Å²) in [7, 11) is 0. The van der Waals surface area contributed by atoms with Gasteiger partial charge in [0.05, 0.1) is 5.01 Å². The van der Waals surface area contributed by atoms with Crippen molar-refractivity contribution in [1.29, 1.82) is 0 Å². The smallest absolute Gasteiger partial charge is 0.273 e. The van der Waals surface area contributed by atoms with Gasteiger partial charge in [-0.25, -0.2) is 4.98 Å². The fourth-order valence-electron chi connectivity index (χ4n) is 2.68. The number of thiazole rings is 1. The van der Waals surface area contributed by atoms with Gasteiger partial charge in [0.15, 0.2) is 0 Å². The van der Waals surface area contributed by atoms with Gasteiger partial charge in [0, 0.05) is 24.4 Å². The number of carbonyl (C=O) groups excluding carboxylic acids is 1. The van der Waals surface area contributed by atoms with Gasteiger partial charge >= 0.3 is 0 Å². The summed E-state index contributed by atoms with van der Waals surface area (Å²) < 4.78 is 0. The van der Waals surface area contributed by atoms with Crippen LogP contribution in [0.4, 0.5) is 0 Å². The van der Waals surface area contributed by atoms with Gasteiger partial charge in [-0.05, 0) is 25.0 Å². The molecule has 25 heavy (non-hydrogen) atoms. The van der Waals surface area contributed by atoms with Crippen molar-refractivity contribution in [3.8, 4) is 0 Å². The first kappa shape index (κ1) is 17.4. The molecule has 1 aromatic heterocycles. The summed E-state index contributed by atoms with van der Waals surface area (Å²) in [5, 5.41) is 2.85. The van der Waals surface area contributed by atoms with Crippen LogP contribution in [0.1, 0.15) is 40.5 Å². The van der Waals surface area contributed by atoms with Crippen molar-refractivity contribution in [2.75, 3.05) is 0 Å². The summed E-state index contributed by atoms with van der Waals surface area (Å²) in [6.45, 7) is 4.68. The van der Waals surface area contributed by atoms with Crippen molar-refractivity contribution >= 4 is 17.2 Å². The standard InChI is InChI=1S/C21H22N2OS/c1-16(2)23(14-18-11-7-4-8-12-18)21(24)19-15-25-20(22-19)13-17-9-5-3-6-10-17/h3-12,15-16H,13-14H2,1-2H3. The van der Waals surface area contributed by atoms with Gasteiger partial charge in [0.25, 0.3) is 5.91 Å². The molecule has 3 rings (SSSR count). The van der Waals surface area contributed by atoms with Crippen LogP contribution >= 0.6 is 11.3 Å². The minimum Gasteiger partial charge on any atom is -0.331 e. The van der Waals surface area contributed by atoms with E-state index in [1.54, 1.807) is 11.3 Å². The van der Waals surface area contributed by atoms with E-state index in [-0.39, 0.29) is 11.9 Å². The fourth-order valence-corrected chi connectivity index (χ4v) is 3.48. The van der Waals surface area contributed by atoms with Crippen LogP contribution in [0, 0.1) is 0 Å². The highest BCUT2D eigenvalue weighted by molar-refractivity contribution is 7.09. The molecule has 2 aromatic carbocycles. The molecule has 1 heterocycles. The van der Waals surface area contributed by atoms with Crippen molar-refractivity contribution in [2.45, 2.75) is 32.9 Å². The second-order valence-electron chi connectivity index (χ2n) is 6.30. The van der Waals surface area contributed by atoms with Crippen LogP contribution in [-0.2, 0) is 13.0 Å². The van der Waals surface area contributed by atoms with E-state index in [0.29, 0.717) is 12.2 Å². The lowest BCUT2D eigenvalue weighted by atomic mass is 10.1. The minimum absolute atomic E-state index is 0.00517. The van der Waals surface area contributed by atoms with E-state index >= 15 is 0 Å². The number of benzene rings is 2. The van der Waals surface area contributed by atoms with E-state index in [4.69, 9.17) is 0 Å². The van der Waals surface area contributed by atoms with Crippen LogP contribution in [0.15, 0.2) is 66.0 Å². The highest BCUT2D eigenvalue weighted by atomic mass is 32.1. The molecule has 0 saturated heterocycles. The maximum atomic E-state index is 12.9. The van der Waals surface area contributed by atoms with Gasteiger partial charge in [-0.3, -0.25) is 4.79 Å². The largest absolute Gasteiger partial charge is 0.331 e. The van der Waals surface area contributed by atoms with E-state index in [0.717, 1.165) is 17.0 Å². The van der Waals surface area contributed by atoms with Crippen LogP contribution in [0.2, 0.25) is 0 Å². The Morgan fingerprint density at radius 1 is 1.00 bits per heavy atom. The lowest BCUT2D eigenvalue weighted by Crippen LogP contribution is -2.36. The molecule has 0 aliphatic heterocycles. The molecule has 0 unspecified atom stereocenters. The Morgan fingerprint density at radius 3 is 2.20 bits per heavy atom. The van der Waals surface area contributed by atoms with Gasteiger partial charge in [-0.2, -0.15) is 0 Å². The van der Waals surface area contributed by atoms with Crippen LogP contribution in [0.3, 0.4) is 0 Å². The van der Waals surface area contributed by atoms with Gasteiger partial charge in [0.2, 0.25) is 0 Å². The summed E-state index contributed by atoms with van der Waals surface area (Å²) in [6, 6.07) is 20.4. The van der Waals surface area contributed by atoms with Gasteiger partial charge in [-0.1, -0.05) is 60.7 Å². The van der Waals surface area contributed by atoms with E-state index < -0.39 is 0 Å². The number of rotatable bonds is 6. The molecular weight excluding hydrogens is 328 g/mol. The van der Waals surface area contributed by atoms with Crippen molar-refractivity contribution < 1.29 is 4.79 Å². The SMILES string of the molecule is CC(C)N(Cc1ccccc1)C(=O)c1csc(Cc2ccccc2)n1. The third-order valence-corrected chi connectivity index (χ3v) is 4.90. The van der Waals surface area contributed by atoms with E-state index in [1.165, 1.54) is 5.56 Å². The molecule has 0 aliphatic carbocycles. The number of amides is 1. The molecule has 3 nitrogen and oxygen atoms in total. The summed E-state index contributed by atoms with van der Waals surface area (Å²) in [4.78, 5) is 19.4. The number of hydrogen-bond acceptors (Lipinski definition) is 3. The van der Waals surface area contributed by atoms with E-state index in [2.05, 4.69) is 17.1 Å². The Kier molecular flexibility index (Phi) is 5.61. The molecule has 0 fully saturated rings. The Hall–Kier alpha value is -2.46. The molecule has 4 heteroatoms. The predicted molar refractivity (Wildman–Crippen MR) is 103 cm³/mol. The Bertz CT molecular complexity index is 812. The molecule has 0 atom stereocenters. The summed E-state index contributed by atoms with van der Waals surface area (Å²) in [6.07, 6.45) is 0.763. The number of hydrogen-bond donors (Lipinski definition) is 0. The highest BCUT2D eigenvalue weighted by Crippen LogP contribution is 2.18. The molecule has 3 aromatic rings. The average Bonchev–Trinajstić information content (AvgIpc) is 3.09. The van der Waals surface area contributed by atoms with Gasteiger partial charge in [-0.15, -0.1) is 11.3 Å².